The fourth-order valence-electron chi connectivity index (χ4n) is 5.58. The fourth-order valence-corrected chi connectivity index (χ4v) is 6.41. The van der Waals surface area contributed by atoms with Gasteiger partial charge in [0.05, 0.1) is 12.1 Å². The van der Waals surface area contributed by atoms with Crippen LogP contribution >= 0.6 is 11.3 Å². The van der Waals surface area contributed by atoms with Crippen LogP contribution in [-0.4, -0.2) is 33.6 Å². The van der Waals surface area contributed by atoms with Gasteiger partial charge >= 0.3 is 0 Å². The maximum atomic E-state index is 14.1. The molecule has 0 spiro atoms. The van der Waals surface area contributed by atoms with E-state index in [1.165, 1.54) is 0 Å². The second-order valence-corrected chi connectivity index (χ2v) is 12.3. The van der Waals surface area contributed by atoms with Crippen LogP contribution in [-0.2, 0) is 22.6 Å². The summed E-state index contributed by atoms with van der Waals surface area (Å²) in [5.41, 5.74) is 11.3. The molecule has 0 fully saturated rings. The molecule has 3 N–H and O–H groups in total. The minimum atomic E-state index is -0.664. The lowest BCUT2D eigenvalue weighted by molar-refractivity contribution is -0.128. The highest BCUT2D eigenvalue weighted by Crippen LogP contribution is 2.37. The van der Waals surface area contributed by atoms with Crippen molar-refractivity contribution in [3.8, 4) is 22.6 Å². The molecule has 214 valence electrons. The molecule has 0 aliphatic carbocycles. The van der Waals surface area contributed by atoms with Gasteiger partial charge in [-0.3, -0.25) is 9.59 Å². The van der Waals surface area contributed by atoms with Crippen LogP contribution in [0, 0.1) is 6.92 Å². The predicted molar refractivity (Wildman–Crippen MR) is 166 cm³/mol. The second kappa shape index (κ2) is 11.2. The zero-order valence-electron chi connectivity index (χ0n) is 23.9. The molecule has 0 radical (unpaired) electrons. The number of carbonyl (C=O) groups excluding carboxylic acids is 2. The average molecular weight is 580 g/mol. The lowest BCUT2D eigenvalue weighted by atomic mass is 9.98. The van der Waals surface area contributed by atoms with Crippen molar-refractivity contribution in [1.82, 2.24) is 15.5 Å². The van der Waals surface area contributed by atoms with Crippen molar-refractivity contribution in [3.63, 3.8) is 0 Å². The molecule has 2 aromatic heterocycles. The summed E-state index contributed by atoms with van der Waals surface area (Å²) in [5, 5.41) is 17.5. The van der Waals surface area contributed by atoms with E-state index >= 15 is 0 Å². The van der Waals surface area contributed by atoms with Gasteiger partial charge in [-0.15, -0.1) is 10.2 Å². The smallest absolute Gasteiger partial charge is 0.249 e. The second-order valence-electron chi connectivity index (χ2n) is 11.6. The molecule has 1 aliphatic heterocycles. The van der Waals surface area contributed by atoms with Crippen LogP contribution in [0.15, 0.2) is 75.8 Å². The van der Waals surface area contributed by atoms with E-state index in [0.29, 0.717) is 31.2 Å². The van der Waals surface area contributed by atoms with Crippen LogP contribution in [0.4, 0.5) is 5.69 Å². The van der Waals surface area contributed by atoms with Gasteiger partial charge in [-0.2, -0.15) is 11.3 Å². The van der Waals surface area contributed by atoms with Crippen LogP contribution < -0.4 is 16.0 Å². The molecule has 0 saturated carbocycles. The Labute approximate surface area is 248 Å². The van der Waals surface area contributed by atoms with Gasteiger partial charge in [0.2, 0.25) is 23.6 Å². The summed E-state index contributed by atoms with van der Waals surface area (Å²) in [6.45, 7) is 5.76. The maximum absolute atomic E-state index is 14.1. The standard InChI is InChI=1S/C33H33N5O3S/c1-20-36-37-31(41-20)27-19-42-18-26(27)23-10-8-21(9-11-23)17-38-29-15-12-22-6-4-5-7-24(22)25(29)13-14-28(32(38)40)35-30(39)16-33(2,3)34/h4-12,15,18-19,28H,13-14,16-17,34H2,1-3H3,(H,35,39)/t28-/m1/s1. The summed E-state index contributed by atoms with van der Waals surface area (Å²) in [7, 11) is 0. The monoisotopic (exact) mass is 579 g/mol. The summed E-state index contributed by atoms with van der Waals surface area (Å²) < 4.78 is 5.67. The topological polar surface area (TPSA) is 114 Å². The number of nitrogens with two attached hydrogens (primary N) is 1. The molecule has 42 heavy (non-hydrogen) atoms. The third kappa shape index (κ3) is 5.70. The zero-order valence-corrected chi connectivity index (χ0v) is 24.7. The van der Waals surface area contributed by atoms with Gasteiger partial charge in [0.15, 0.2) is 0 Å². The summed E-state index contributed by atoms with van der Waals surface area (Å²) in [4.78, 5) is 28.7. The highest BCUT2D eigenvalue weighted by atomic mass is 32.1. The van der Waals surface area contributed by atoms with Gasteiger partial charge in [-0.1, -0.05) is 54.6 Å². The van der Waals surface area contributed by atoms with E-state index in [9.17, 15) is 9.59 Å². The number of benzene rings is 3. The summed E-state index contributed by atoms with van der Waals surface area (Å²) >= 11 is 1.58. The Morgan fingerprint density at radius 2 is 1.83 bits per heavy atom. The van der Waals surface area contributed by atoms with Crippen molar-refractivity contribution in [2.75, 3.05) is 4.90 Å². The van der Waals surface area contributed by atoms with Crippen molar-refractivity contribution in [2.24, 2.45) is 5.73 Å². The van der Waals surface area contributed by atoms with Gasteiger partial charge < -0.3 is 20.4 Å². The van der Waals surface area contributed by atoms with Gasteiger partial charge in [-0.05, 0) is 65.6 Å². The molecule has 8 nitrogen and oxygen atoms in total. The van der Waals surface area contributed by atoms with Crippen molar-refractivity contribution >= 4 is 39.6 Å². The molecule has 0 unspecified atom stereocenters. The number of carbonyl (C=O) groups is 2. The lowest BCUT2D eigenvalue weighted by Crippen LogP contribution is -2.49. The third-order valence-electron chi connectivity index (χ3n) is 7.53. The number of rotatable bonds is 7. The molecular formula is C33H33N5O3S. The quantitative estimate of drug-likeness (QED) is 0.244. The van der Waals surface area contributed by atoms with Gasteiger partial charge in [-0.25, -0.2) is 0 Å². The average Bonchev–Trinajstić information content (AvgIpc) is 3.59. The van der Waals surface area contributed by atoms with E-state index < -0.39 is 11.6 Å². The first kappa shape index (κ1) is 27.8. The number of hydrogen-bond donors (Lipinski definition) is 2. The number of hydrogen-bond acceptors (Lipinski definition) is 7. The van der Waals surface area contributed by atoms with Crippen LogP contribution in [0.2, 0.25) is 0 Å². The number of nitrogens with zero attached hydrogens (tertiary/aromatic N) is 3. The zero-order chi connectivity index (χ0) is 29.4. The van der Waals surface area contributed by atoms with Gasteiger partial charge in [0.1, 0.15) is 6.04 Å². The Balaban J connectivity index is 1.32. The van der Waals surface area contributed by atoms with E-state index in [0.717, 1.165) is 44.3 Å². The van der Waals surface area contributed by atoms with Crippen LogP contribution in [0.3, 0.4) is 0 Å². The number of thiophene rings is 1. The lowest BCUT2D eigenvalue weighted by Gasteiger charge is -2.27. The highest BCUT2D eigenvalue weighted by Gasteiger charge is 2.33. The van der Waals surface area contributed by atoms with Crippen molar-refractivity contribution < 1.29 is 14.0 Å². The van der Waals surface area contributed by atoms with E-state index in [1.807, 2.05) is 54.5 Å². The Morgan fingerprint density at radius 1 is 1.07 bits per heavy atom. The maximum Gasteiger partial charge on any atom is 0.249 e. The fraction of sp³-hybridized carbons (Fsp3) is 0.273. The Hall–Kier alpha value is -4.34. The molecule has 0 saturated heterocycles. The Morgan fingerprint density at radius 3 is 2.57 bits per heavy atom. The number of aromatic nitrogens is 2. The molecule has 0 bridgehead atoms. The normalized spacial score (nSPS) is 15.5. The molecule has 1 atom stereocenters. The first-order valence-electron chi connectivity index (χ1n) is 14.0. The van der Waals surface area contributed by atoms with E-state index in [-0.39, 0.29) is 18.2 Å². The largest absolute Gasteiger partial charge is 0.421 e. The highest BCUT2D eigenvalue weighted by molar-refractivity contribution is 7.08. The van der Waals surface area contributed by atoms with Gasteiger partial charge in [0.25, 0.3) is 0 Å². The van der Waals surface area contributed by atoms with E-state index in [1.54, 1.807) is 18.3 Å². The minimum absolute atomic E-state index is 0.122. The number of fused-ring (bicyclic) bond motifs is 3. The predicted octanol–water partition coefficient (Wildman–Crippen LogP) is 6.02. The number of amides is 2. The SMILES string of the molecule is Cc1nnc(-c2cscc2-c2ccc(CN3C(=O)[C@H](NC(=O)CC(C)(C)N)CCc4c3ccc3ccccc43)cc2)o1. The van der Waals surface area contributed by atoms with Crippen molar-refractivity contribution in [1.29, 1.82) is 0 Å². The number of anilines is 1. The Kier molecular flexibility index (Phi) is 7.38. The third-order valence-corrected chi connectivity index (χ3v) is 8.27. The van der Waals surface area contributed by atoms with Crippen molar-refractivity contribution in [2.45, 2.75) is 58.2 Å². The molecule has 3 heterocycles. The molecule has 9 heteroatoms. The summed E-state index contributed by atoms with van der Waals surface area (Å²) in [6.07, 6.45) is 1.33. The molecule has 1 aliphatic rings. The number of aryl methyl sites for hydroxylation is 2. The summed E-state index contributed by atoms with van der Waals surface area (Å²) in [6, 6.07) is 19.9. The number of nitrogens with one attached hydrogen (secondary N) is 1. The molecule has 2 amide bonds. The minimum Gasteiger partial charge on any atom is -0.421 e. The van der Waals surface area contributed by atoms with E-state index in [2.05, 4.69) is 51.2 Å². The Bertz CT molecular complexity index is 1770. The van der Waals surface area contributed by atoms with E-state index in [4.69, 9.17) is 10.2 Å². The van der Waals surface area contributed by atoms with Crippen LogP contribution in [0.5, 0.6) is 0 Å². The first-order valence-corrected chi connectivity index (χ1v) is 15.0. The first-order chi connectivity index (χ1) is 20.2. The van der Waals surface area contributed by atoms with Gasteiger partial charge in [0, 0.05) is 35.5 Å². The van der Waals surface area contributed by atoms with Crippen molar-refractivity contribution in [3.05, 3.63) is 88.4 Å². The van der Waals surface area contributed by atoms with Crippen LogP contribution in [0.25, 0.3) is 33.4 Å². The summed E-state index contributed by atoms with van der Waals surface area (Å²) in [5.74, 6) is 0.680. The molecule has 3 aromatic carbocycles. The molecule has 6 rings (SSSR count). The molecule has 5 aromatic rings. The van der Waals surface area contributed by atoms with Crippen LogP contribution in [0.1, 0.15) is 43.7 Å². The molecular weight excluding hydrogens is 546 g/mol.